The van der Waals surface area contributed by atoms with Crippen molar-refractivity contribution >= 4 is 0 Å². The van der Waals surface area contributed by atoms with Crippen LogP contribution < -0.4 is 0 Å². The second-order valence-corrected chi connectivity index (χ2v) is 18.8. The monoisotopic (exact) mass is 512 g/mol. The molecule has 0 heterocycles. The van der Waals surface area contributed by atoms with Crippen LogP contribution in [0.3, 0.4) is 0 Å². The molecule has 0 aliphatic carbocycles. The number of hydrogen-bond acceptors (Lipinski definition) is 1. The van der Waals surface area contributed by atoms with E-state index in [1.165, 1.54) is 22.3 Å². The molecule has 0 bridgehead atoms. The summed E-state index contributed by atoms with van der Waals surface area (Å²) in [6.07, 6.45) is 0. The molecule has 4 aromatic rings. The van der Waals surface area contributed by atoms with E-state index in [1.54, 1.807) is 0 Å². The van der Waals surface area contributed by atoms with Crippen molar-refractivity contribution in [2.24, 2.45) is 0 Å². The van der Waals surface area contributed by atoms with Crippen LogP contribution in [-0.4, -0.2) is 6.61 Å². The van der Waals surface area contributed by atoms with Gasteiger partial charge in [-0.1, -0.05) is 0 Å². The molecule has 0 aliphatic rings. The number of rotatable bonds is 10. The van der Waals surface area contributed by atoms with Crippen LogP contribution in [0.5, 0.6) is 0 Å². The van der Waals surface area contributed by atoms with Crippen molar-refractivity contribution in [2.75, 3.05) is 6.61 Å². The van der Waals surface area contributed by atoms with Gasteiger partial charge in [0.1, 0.15) is 0 Å². The van der Waals surface area contributed by atoms with E-state index in [2.05, 4.69) is 135 Å². The Balaban J connectivity index is 1.70. The van der Waals surface area contributed by atoms with Crippen molar-refractivity contribution in [3.05, 3.63) is 144 Å². The van der Waals surface area contributed by atoms with Crippen LogP contribution in [0, 0.1) is 0 Å². The molecule has 33 heavy (non-hydrogen) atoms. The van der Waals surface area contributed by atoms with Crippen LogP contribution in [0.1, 0.15) is 36.1 Å². The minimum absolute atomic E-state index is 0.0342. The van der Waals surface area contributed by atoms with Crippen LogP contribution in [0.15, 0.2) is 121 Å². The molecular weight excluding hydrogens is 480 g/mol. The fourth-order valence-corrected chi connectivity index (χ4v) is 15.1. The molecule has 0 saturated carbocycles. The molecule has 0 aliphatic heterocycles. The molecule has 0 amide bonds. The summed E-state index contributed by atoms with van der Waals surface area (Å²) < 4.78 is 10.5. The molecule has 0 unspecified atom stereocenters. The molecule has 0 saturated heterocycles. The summed E-state index contributed by atoms with van der Waals surface area (Å²) in [7, 11) is 0. The van der Waals surface area contributed by atoms with E-state index < -0.39 is 20.7 Å². The van der Waals surface area contributed by atoms with Crippen molar-refractivity contribution in [2.45, 2.75) is 31.6 Å². The zero-order valence-electron chi connectivity index (χ0n) is 19.8. The maximum atomic E-state index is 7.27. The molecule has 1 nitrogen and oxygen atoms in total. The van der Waals surface area contributed by atoms with Gasteiger partial charge in [-0.2, -0.15) is 0 Å². The number of benzene rings is 4. The summed E-state index contributed by atoms with van der Waals surface area (Å²) >= 11 is -3.24. The summed E-state index contributed by atoms with van der Waals surface area (Å²) in [5, 5.41) is 0. The Labute approximate surface area is 204 Å². The molecule has 0 atom stereocenters. The van der Waals surface area contributed by atoms with Crippen molar-refractivity contribution in [1.82, 2.24) is 0 Å². The Kier molecular flexibility index (Phi) is 8.12. The predicted molar refractivity (Wildman–Crippen MR) is 136 cm³/mol. The maximum absolute atomic E-state index is 7.27. The van der Waals surface area contributed by atoms with Gasteiger partial charge < -0.3 is 0 Å². The van der Waals surface area contributed by atoms with E-state index in [1.807, 2.05) is 0 Å². The van der Waals surface area contributed by atoms with Crippen molar-refractivity contribution in [1.29, 1.82) is 0 Å². The Bertz CT molecular complexity index is 991. The molecule has 4 aromatic carbocycles. The molecule has 4 rings (SSSR count). The fraction of sp³-hybridized carbons (Fsp3) is 0.226. The van der Waals surface area contributed by atoms with Crippen LogP contribution in [0.2, 0.25) is 0 Å². The summed E-state index contributed by atoms with van der Waals surface area (Å²) in [6, 6.07) is 43.7. The van der Waals surface area contributed by atoms with Crippen LogP contribution in [0.4, 0.5) is 0 Å². The van der Waals surface area contributed by atoms with E-state index >= 15 is 0 Å². The Morgan fingerprint density at radius 1 is 0.515 bits per heavy atom. The van der Waals surface area contributed by atoms with Crippen molar-refractivity contribution in [3.8, 4) is 0 Å². The third-order valence-electron chi connectivity index (χ3n) is 6.40. The quantitative estimate of drug-likeness (QED) is 0.212. The SMILES string of the molecule is CC(C)(C[O][Zr]([CH2]c1ccccc1)([CH2]c1ccccc1)[CH2]c1ccccc1)c1ccccc1. The number of hydrogen-bond donors (Lipinski definition) is 0. The molecule has 0 fully saturated rings. The summed E-state index contributed by atoms with van der Waals surface area (Å²) in [4.78, 5) is 0. The first-order valence-electron chi connectivity index (χ1n) is 11.9. The van der Waals surface area contributed by atoms with Crippen LogP contribution in [-0.2, 0) is 41.3 Å². The fourth-order valence-electron chi connectivity index (χ4n) is 4.55. The van der Waals surface area contributed by atoms with Gasteiger partial charge in [0.15, 0.2) is 0 Å². The third-order valence-corrected chi connectivity index (χ3v) is 16.0. The summed E-state index contributed by atoms with van der Waals surface area (Å²) in [6.45, 7) is 5.37. The predicted octanol–water partition coefficient (Wildman–Crippen LogP) is 7.65. The molecule has 0 N–H and O–H groups in total. The first-order valence-corrected chi connectivity index (χ1v) is 18.1. The molecule has 0 radical (unpaired) electrons. The Morgan fingerprint density at radius 2 is 0.848 bits per heavy atom. The summed E-state index contributed by atoms with van der Waals surface area (Å²) in [5.74, 6) is 0. The average Bonchev–Trinajstić information content (AvgIpc) is 2.85. The first-order chi connectivity index (χ1) is 16.0. The van der Waals surface area contributed by atoms with E-state index in [0.29, 0.717) is 0 Å². The van der Waals surface area contributed by atoms with Crippen LogP contribution in [0.25, 0.3) is 0 Å². The standard InChI is InChI=1S/C10H13O.3C7H7.Zr/c1-10(2,8-11)9-6-4-3-5-7-9;3*1-7-5-3-2-4-6-7;/h3-7H,8H2,1-2H3;3*2-6H,1H2;/q-1;;;;+1. The van der Waals surface area contributed by atoms with Gasteiger partial charge in [-0.3, -0.25) is 0 Å². The van der Waals surface area contributed by atoms with Gasteiger partial charge in [0.05, 0.1) is 0 Å². The molecule has 2 heteroatoms. The van der Waals surface area contributed by atoms with E-state index in [0.717, 1.165) is 19.0 Å². The Morgan fingerprint density at radius 3 is 1.21 bits per heavy atom. The topological polar surface area (TPSA) is 9.23 Å². The second kappa shape index (κ2) is 11.2. The molecule has 168 valence electrons. The van der Waals surface area contributed by atoms with Crippen LogP contribution >= 0.6 is 0 Å². The van der Waals surface area contributed by atoms with E-state index in [-0.39, 0.29) is 5.41 Å². The van der Waals surface area contributed by atoms with Gasteiger partial charge in [0.2, 0.25) is 0 Å². The van der Waals surface area contributed by atoms with Crippen molar-refractivity contribution < 1.29 is 23.5 Å². The van der Waals surface area contributed by atoms with E-state index in [9.17, 15) is 0 Å². The van der Waals surface area contributed by atoms with Gasteiger partial charge in [0, 0.05) is 0 Å². The average molecular weight is 514 g/mol. The van der Waals surface area contributed by atoms with Gasteiger partial charge in [-0.05, 0) is 0 Å². The third kappa shape index (κ3) is 6.86. The zero-order chi connectivity index (χ0) is 23.0. The van der Waals surface area contributed by atoms with Gasteiger partial charge in [-0.15, -0.1) is 0 Å². The second-order valence-electron chi connectivity index (χ2n) is 9.71. The molecular formula is C31H34OZr. The van der Waals surface area contributed by atoms with E-state index in [4.69, 9.17) is 2.81 Å². The summed E-state index contributed by atoms with van der Waals surface area (Å²) in [5.41, 5.74) is 5.50. The molecule has 0 aromatic heterocycles. The first kappa shape index (κ1) is 23.9. The Hall–Kier alpha value is -2.28. The van der Waals surface area contributed by atoms with Gasteiger partial charge in [0.25, 0.3) is 0 Å². The molecule has 0 spiro atoms. The normalized spacial score (nSPS) is 11.9. The minimum atomic E-state index is -3.24. The zero-order valence-corrected chi connectivity index (χ0v) is 22.2. The van der Waals surface area contributed by atoms with Gasteiger partial charge in [-0.25, -0.2) is 0 Å². The van der Waals surface area contributed by atoms with Crippen molar-refractivity contribution in [3.63, 3.8) is 0 Å². The van der Waals surface area contributed by atoms with Gasteiger partial charge >= 0.3 is 205 Å².